The number of rotatable bonds is 3. The topological polar surface area (TPSA) is 40.7 Å². The third kappa shape index (κ3) is 1.61. The maximum atomic E-state index is 4.30. The zero-order valence-corrected chi connectivity index (χ0v) is 8.30. The second-order valence-corrected chi connectivity index (χ2v) is 3.89. The highest BCUT2D eigenvalue weighted by Crippen LogP contribution is 2.35. The molecule has 1 saturated carbocycles. The van der Waals surface area contributed by atoms with Crippen LogP contribution in [0.3, 0.4) is 0 Å². The van der Waals surface area contributed by atoms with Crippen LogP contribution in [0.5, 0.6) is 0 Å². The van der Waals surface area contributed by atoms with Crippen LogP contribution >= 0.6 is 0 Å². The van der Waals surface area contributed by atoms with E-state index in [-0.39, 0.29) is 0 Å². The summed E-state index contributed by atoms with van der Waals surface area (Å²) in [5.41, 5.74) is 2.45. The quantitative estimate of drug-likeness (QED) is 0.744. The van der Waals surface area contributed by atoms with Crippen molar-refractivity contribution < 1.29 is 0 Å². The molecule has 0 aliphatic heterocycles. The van der Waals surface area contributed by atoms with Gasteiger partial charge < -0.3 is 5.32 Å². The molecule has 1 heterocycles. The summed E-state index contributed by atoms with van der Waals surface area (Å²) in [6.07, 6.45) is 4.03. The average molecular weight is 179 g/mol. The van der Waals surface area contributed by atoms with Crippen molar-refractivity contribution in [2.24, 2.45) is 0 Å². The molecule has 1 fully saturated rings. The Bertz CT molecular complexity index is 256. The lowest BCUT2D eigenvalue weighted by molar-refractivity contribution is 0.410. The molecule has 3 nitrogen and oxygen atoms in total. The van der Waals surface area contributed by atoms with E-state index in [0.29, 0.717) is 6.04 Å². The number of nitrogens with zero attached hydrogens (tertiary/aromatic N) is 1. The predicted molar refractivity (Wildman–Crippen MR) is 52.7 cm³/mol. The molecule has 1 aromatic heterocycles. The highest BCUT2D eigenvalue weighted by Gasteiger charge is 2.22. The Morgan fingerprint density at radius 3 is 2.92 bits per heavy atom. The van der Waals surface area contributed by atoms with Gasteiger partial charge in [-0.25, -0.2) is 0 Å². The largest absolute Gasteiger partial charge is 0.312 e. The van der Waals surface area contributed by atoms with Crippen molar-refractivity contribution in [3.63, 3.8) is 0 Å². The van der Waals surface area contributed by atoms with Crippen LogP contribution in [0.25, 0.3) is 0 Å². The number of H-pyrrole nitrogens is 1. The van der Waals surface area contributed by atoms with E-state index < -0.39 is 0 Å². The van der Waals surface area contributed by atoms with Gasteiger partial charge in [0, 0.05) is 17.7 Å². The Morgan fingerprint density at radius 2 is 2.38 bits per heavy atom. The Morgan fingerprint density at radius 1 is 1.62 bits per heavy atom. The normalized spacial score (nSPS) is 19.8. The van der Waals surface area contributed by atoms with Crippen LogP contribution < -0.4 is 5.32 Å². The van der Waals surface area contributed by atoms with Crippen LogP contribution in [0, 0.1) is 0 Å². The first-order chi connectivity index (χ1) is 6.31. The molecule has 0 amide bonds. The van der Waals surface area contributed by atoms with Gasteiger partial charge in [0.05, 0.1) is 5.69 Å². The number of nitrogens with one attached hydrogen (secondary N) is 2. The second-order valence-electron chi connectivity index (χ2n) is 3.89. The summed E-state index contributed by atoms with van der Waals surface area (Å²) in [5.74, 6) is 0.755. The van der Waals surface area contributed by atoms with Gasteiger partial charge in [0.2, 0.25) is 0 Å². The highest BCUT2D eigenvalue weighted by atomic mass is 15.1. The number of aromatic amines is 1. The number of hydrogen-bond acceptors (Lipinski definition) is 2. The van der Waals surface area contributed by atoms with Crippen molar-refractivity contribution in [1.82, 2.24) is 15.5 Å². The SMILES string of the molecule is CNC(C)c1cc(C2CCC2)[nH]n1. The third-order valence-electron chi connectivity index (χ3n) is 3.04. The zero-order chi connectivity index (χ0) is 9.26. The van der Waals surface area contributed by atoms with Crippen LogP contribution in [0.4, 0.5) is 0 Å². The van der Waals surface area contributed by atoms with E-state index in [4.69, 9.17) is 0 Å². The van der Waals surface area contributed by atoms with Crippen molar-refractivity contribution >= 4 is 0 Å². The van der Waals surface area contributed by atoms with E-state index in [1.54, 1.807) is 0 Å². The molecule has 0 radical (unpaired) electrons. The molecule has 1 atom stereocenters. The monoisotopic (exact) mass is 179 g/mol. The minimum atomic E-state index is 0.352. The van der Waals surface area contributed by atoms with Gasteiger partial charge in [-0.05, 0) is 32.9 Å². The summed E-state index contributed by atoms with van der Waals surface area (Å²) in [4.78, 5) is 0. The fourth-order valence-corrected chi connectivity index (χ4v) is 1.65. The Kier molecular flexibility index (Phi) is 2.36. The van der Waals surface area contributed by atoms with Gasteiger partial charge in [0.25, 0.3) is 0 Å². The van der Waals surface area contributed by atoms with Gasteiger partial charge in [-0.2, -0.15) is 5.10 Å². The van der Waals surface area contributed by atoms with Crippen LogP contribution in [0.15, 0.2) is 6.07 Å². The van der Waals surface area contributed by atoms with Crippen LogP contribution in [0.1, 0.15) is 49.5 Å². The average Bonchev–Trinajstić information content (AvgIpc) is 2.49. The molecule has 1 aromatic rings. The summed E-state index contributed by atoms with van der Waals surface area (Å²) in [5, 5.41) is 10.6. The highest BCUT2D eigenvalue weighted by molar-refractivity contribution is 5.17. The molecule has 13 heavy (non-hydrogen) atoms. The van der Waals surface area contributed by atoms with Crippen LogP contribution in [-0.4, -0.2) is 17.2 Å². The standard InChI is InChI=1S/C10H17N3/c1-7(11-2)9-6-10(13-12-9)8-4-3-5-8/h6-8,11H,3-5H2,1-2H3,(H,12,13). The number of hydrogen-bond donors (Lipinski definition) is 2. The first kappa shape index (κ1) is 8.75. The van der Waals surface area contributed by atoms with Crippen molar-refractivity contribution in [1.29, 1.82) is 0 Å². The first-order valence-electron chi connectivity index (χ1n) is 5.03. The predicted octanol–water partition coefficient (Wildman–Crippen LogP) is 1.96. The second kappa shape index (κ2) is 3.50. The zero-order valence-electron chi connectivity index (χ0n) is 8.30. The molecule has 2 N–H and O–H groups in total. The van der Waals surface area contributed by atoms with Gasteiger partial charge in [-0.3, -0.25) is 5.10 Å². The van der Waals surface area contributed by atoms with Gasteiger partial charge in [0.15, 0.2) is 0 Å². The molecular weight excluding hydrogens is 162 g/mol. The molecule has 3 heteroatoms. The van der Waals surface area contributed by atoms with Gasteiger partial charge >= 0.3 is 0 Å². The smallest absolute Gasteiger partial charge is 0.0791 e. The minimum Gasteiger partial charge on any atom is -0.312 e. The van der Waals surface area contributed by atoms with E-state index in [0.717, 1.165) is 11.6 Å². The Labute approximate surface area is 78.9 Å². The summed E-state index contributed by atoms with van der Waals surface area (Å²) in [6.45, 7) is 2.13. The molecule has 1 aliphatic rings. The molecule has 2 rings (SSSR count). The third-order valence-corrected chi connectivity index (χ3v) is 3.04. The van der Waals surface area contributed by atoms with Crippen molar-refractivity contribution in [3.8, 4) is 0 Å². The van der Waals surface area contributed by atoms with Gasteiger partial charge in [-0.1, -0.05) is 6.42 Å². The lowest BCUT2D eigenvalue weighted by Crippen LogP contribution is -2.12. The molecule has 0 saturated heterocycles. The van der Waals surface area contributed by atoms with Crippen molar-refractivity contribution in [2.75, 3.05) is 7.05 Å². The van der Waals surface area contributed by atoms with Crippen molar-refractivity contribution in [3.05, 3.63) is 17.5 Å². The van der Waals surface area contributed by atoms with Crippen molar-refractivity contribution in [2.45, 2.75) is 38.1 Å². The molecule has 1 unspecified atom stereocenters. The Hall–Kier alpha value is -0.830. The summed E-state index contributed by atoms with van der Waals surface area (Å²) >= 11 is 0. The molecule has 72 valence electrons. The van der Waals surface area contributed by atoms with Gasteiger partial charge in [-0.15, -0.1) is 0 Å². The minimum absolute atomic E-state index is 0.352. The Balaban J connectivity index is 2.08. The fraction of sp³-hybridized carbons (Fsp3) is 0.700. The van der Waals surface area contributed by atoms with E-state index in [9.17, 15) is 0 Å². The van der Waals surface area contributed by atoms with E-state index >= 15 is 0 Å². The van der Waals surface area contributed by atoms with E-state index in [1.807, 2.05) is 7.05 Å². The molecule has 1 aliphatic carbocycles. The maximum absolute atomic E-state index is 4.30. The summed E-state index contributed by atoms with van der Waals surface area (Å²) in [7, 11) is 1.96. The summed E-state index contributed by atoms with van der Waals surface area (Å²) in [6, 6.07) is 2.55. The molecular formula is C10H17N3. The maximum Gasteiger partial charge on any atom is 0.0791 e. The lowest BCUT2D eigenvalue weighted by Gasteiger charge is -2.23. The fourth-order valence-electron chi connectivity index (χ4n) is 1.65. The molecule has 0 aromatic carbocycles. The van der Waals surface area contributed by atoms with E-state index in [2.05, 4.69) is 28.5 Å². The first-order valence-corrected chi connectivity index (χ1v) is 5.03. The van der Waals surface area contributed by atoms with Crippen LogP contribution in [-0.2, 0) is 0 Å². The van der Waals surface area contributed by atoms with Crippen LogP contribution in [0.2, 0.25) is 0 Å². The molecule has 0 spiro atoms. The summed E-state index contributed by atoms with van der Waals surface area (Å²) < 4.78 is 0. The number of aromatic nitrogens is 2. The van der Waals surface area contributed by atoms with Gasteiger partial charge in [0.1, 0.15) is 0 Å². The van der Waals surface area contributed by atoms with E-state index in [1.165, 1.54) is 25.0 Å². The lowest BCUT2D eigenvalue weighted by atomic mass is 9.83. The molecule has 0 bridgehead atoms.